The van der Waals surface area contributed by atoms with Crippen molar-refractivity contribution in [2.75, 3.05) is 0 Å². The predicted molar refractivity (Wildman–Crippen MR) is 59.8 cm³/mol. The number of carbonyl (C=O) groups is 1. The predicted octanol–water partition coefficient (Wildman–Crippen LogP) is 2.46. The van der Waals surface area contributed by atoms with E-state index in [2.05, 4.69) is 6.58 Å². The van der Waals surface area contributed by atoms with Crippen LogP contribution in [0.3, 0.4) is 0 Å². The van der Waals surface area contributed by atoms with Crippen LogP contribution >= 0.6 is 0 Å². The number of hydrogen-bond donors (Lipinski definition) is 2. The summed E-state index contributed by atoms with van der Waals surface area (Å²) >= 11 is 0. The van der Waals surface area contributed by atoms with E-state index in [4.69, 9.17) is 10.8 Å². The van der Waals surface area contributed by atoms with Gasteiger partial charge in [0, 0.05) is 5.70 Å². The molecule has 0 unspecified atom stereocenters. The van der Waals surface area contributed by atoms with Crippen molar-refractivity contribution in [2.24, 2.45) is 5.73 Å². The SMILES string of the molecule is C=C/C(=C\C(N)=C/C)CC(=O)O.CC. The first-order valence-electron chi connectivity index (χ1n) is 4.56. The van der Waals surface area contributed by atoms with E-state index in [1.54, 1.807) is 19.1 Å². The summed E-state index contributed by atoms with van der Waals surface area (Å²) in [5.41, 5.74) is 6.63. The third kappa shape index (κ3) is 8.59. The van der Waals surface area contributed by atoms with Crippen LogP contribution in [0.25, 0.3) is 0 Å². The van der Waals surface area contributed by atoms with Crippen LogP contribution in [0.2, 0.25) is 0 Å². The second kappa shape index (κ2) is 9.58. The Hall–Kier alpha value is -1.51. The minimum Gasteiger partial charge on any atom is -0.481 e. The molecule has 3 nitrogen and oxygen atoms in total. The van der Waals surface area contributed by atoms with E-state index >= 15 is 0 Å². The van der Waals surface area contributed by atoms with Crippen molar-refractivity contribution in [3.05, 3.63) is 36.1 Å². The fourth-order valence-corrected chi connectivity index (χ4v) is 0.654. The van der Waals surface area contributed by atoms with E-state index in [1.807, 2.05) is 13.8 Å². The Morgan fingerprint density at radius 2 is 2.00 bits per heavy atom. The molecule has 3 N–H and O–H groups in total. The Morgan fingerprint density at radius 1 is 1.50 bits per heavy atom. The second-order valence-electron chi connectivity index (χ2n) is 2.28. The van der Waals surface area contributed by atoms with Gasteiger partial charge in [-0.2, -0.15) is 0 Å². The highest BCUT2D eigenvalue weighted by atomic mass is 16.4. The number of nitrogens with two attached hydrogens (primary N) is 1. The molecule has 0 aromatic carbocycles. The fraction of sp³-hybridized carbons (Fsp3) is 0.364. The van der Waals surface area contributed by atoms with Gasteiger partial charge in [0.15, 0.2) is 0 Å². The molecule has 0 aromatic heterocycles. The van der Waals surface area contributed by atoms with E-state index < -0.39 is 5.97 Å². The van der Waals surface area contributed by atoms with Crippen molar-refractivity contribution in [3.63, 3.8) is 0 Å². The van der Waals surface area contributed by atoms with E-state index in [0.29, 0.717) is 11.3 Å². The molecular weight excluding hydrogens is 178 g/mol. The summed E-state index contributed by atoms with van der Waals surface area (Å²) in [5, 5.41) is 8.45. The molecule has 0 amide bonds. The highest BCUT2D eigenvalue weighted by Gasteiger charge is 1.99. The second-order valence-corrected chi connectivity index (χ2v) is 2.28. The number of allylic oxidation sites excluding steroid dienone is 3. The number of aliphatic carboxylic acids is 1. The molecular formula is C11H19NO2. The smallest absolute Gasteiger partial charge is 0.307 e. The van der Waals surface area contributed by atoms with Gasteiger partial charge in [-0.05, 0) is 18.6 Å². The maximum Gasteiger partial charge on any atom is 0.307 e. The summed E-state index contributed by atoms with van der Waals surface area (Å²) in [7, 11) is 0. The Morgan fingerprint density at radius 3 is 2.29 bits per heavy atom. The molecule has 0 saturated carbocycles. The zero-order valence-electron chi connectivity index (χ0n) is 9.08. The highest BCUT2D eigenvalue weighted by molar-refractivity contribution is 5.71. The molecule has 0 aliphatic carbocycles. The van der Waals surface area contributed by atoms with Crippen molar-refractivity contribution >= 4 is 5.97 Å². The van der Waals surface area contributed by atoms with Gasteiger partial charge in [0.1, 0.15) is 0 Å². The lowest BCUT2D eigenvalue weighted by molar-refractivity contribution is -0.136. The third-order valence-corrected chi connectivity index (χ3v) is 1.30. The molecule has 0 bridgehead atoms. The third-order valence-electron chi connectivity index (χ3n) is 1.30. The summed E-state index contributed by atoms with van der Waals surface area (Å²) in [6.45, 7) is 9.27. The van der Waals surface area contributed by atoms with Crippen LogP contribution in [0.1, 0.15) is 27.2 Å². The van der Waals surface area contributed by atoms with Gasteiger partial charge < -0.3 is 10.8 Å². The number of carboxylic acid groups (broad SMARTS) is 1. The van der Waals surface area contributed by atoms with Gasteiger partial charge in [-0.1, -0.05) is 32.6 Å². The van der Waals surface area contributed by atoms with Gasteiger partial charge in [-0.3, -0.25) is 4.79 Å². The fourth-order valence-electron chi connectivity index (χ4n) is 0.654. The summed E-state index contributed by atoms with van der Waals surface area (Å²) in [6.07, 6.45) is 4.75. The average molecular weight is 197 g/mol. The zero-order valence-corrected chi connectivity index (χ0v) is 9.08. The number of hydrogen-bond acceptors (Lipinski definition) is 2. The van der Waals surface area contributed by atoms with Gasteiger partial charge in [-0.15, -0.1) is 0 Å². The Kier molecular flexibility index (Phi) is 10.3. The molecule has 3 heteroatoms. The topological polar surface area (TPSA) is 63.3 Å². The minimum atomic E-state index is -0.884. The van der Waals surface area contributed by atoms with Crippen LogP contribution in [0.4, 0.5) is 0 Å². The first kappa shape index (κ1) is 15.0. The lowest BCUT2D eigenvalue weighted by atomic mass is 10.1. The number of carboxylic acids is 1. The van der Waals surface area contributed by atoms with Crippen LogP contribution in [0.5, 0.6) is 0 Å². The minimum absolute atomic E-state index is 0.0436. The maximum atomic E-state index is 10.3. The molecule has 0 aliphatic heterocycles. The summed E-state index contributed by atoms with van der Waals surface area (Å²) < 4.78 is 0. The summed E-state index contributed by atoms with van der Waals surface area (Å²) in [6, 6.07) is 0. The van der Waals surface area contributed by atoms with E-state index in [-0.39, 0.29) is 6.42 Å². The summed E-state index contributed by atoms with van der Waals surface area (Å²) in [5.74, 6) is -0.884. The van der Waals surface area contributed by atoms with Crippen LogP contribution < -0.4 is 5.73 Å². The largest absolute Gasteiger partial charge is 0.481 e. The van der Waals surface area contributed by atoms with E-state index in [0.717, 1.165) is 0 Å². The molecule has 80 valence electrons. The maximum absolute atomic E-state index is 10.3. The first-order valence-corrected chi connectivity index (χ1v) is 4.56. The number of rotatable bonds is 4. The molecule has 0 spiro atoms. The molecule has 0 fully saturated rings. The Labute approximate surface area is 85.6 Å². The Balaban J connectivity index is 0. The zero-order chi connectivity index (χ0) is 11.6. The van der Waals surface area contributed by atoms with E-state index in [1.165, 1.54) is 6.08 Å². The molecule has 0 heterocycles. The van der Waals surface area contributed by atoms with Crippen LogP contribution in [-0.4, -0.2) is 11.1 Å². The molecule has 0 saturated heterocycles. The lowest BCUT2D eigenvalue weighted by Crippen LogP contribution is -1.98. The van der Waals surface area contributed by atoms with Gasteiger partial charge in [0.25, 0.3) is 0 Å². The molecule has 0 atom stereocenters. The van der Waals surface area contributed by atoms with Crippen molar-refractivity contribution < 1.29 is 9.90 Å². The van der Waals surface area contributed by atoms with Gasteiger partial charge in [0.05, 0.1) is 6.42 Å². The van der Waals surface area contributed by atoms with Gasteiger partial charge in [0.2, 0.25) is 0 Å². The van der Waals surface area contributed by atoms with Crippen LogP contribution in [-0.2, 0) is 4.79 Å². The lowest BCUT2D eigenvalue weighted by Gasteiger charge is -1.97. The van der Waals surface area contributed by atoms with Crippen molar-refractivity contribution in [2.45, 2.75) is 27.2 Å². The van der Waals surface area contributed by atoms with Gasteiger partial charge in [-0.25, -0.2) is 0 Å². The summed E-state index contributed by atoms with van der Waals surface area (Å²) in [4.78, 5) is 10.3. The normalized spacial score (nSPS) is 11.4. The van der Waals surface area contributed by atoms with Crippen LogP contribution in [0, 0.1) is 0 Å². The Bertz CT molecular complexity index is 240. The molecule has 0 rings (SSSR count). The molecule has 0 radical (unpaired) electrons. The standard InChI is InChI=1S/C9H13NO2.C2H6/c1-3-7(6-9(11)12)5-8(10)4-2;1-2/h3-5H,1,6,10H2,2H3,(H,11,12);1-2H3/b7-5+,8-4+;. The molecule has 0 aromatic rings. The quantitative estimate of drug-likeness (QED) is 0.680. The first-order chi connectivity index (χ1) is 6.60. The van der Waals surface area contributed by atoms with Crippen LogP contribution in [0.15, 0.2) is 36.1 Å². The average Bonchev–Trinajstić information content (AvgIpc) is 2.19. The van der Waals surface area contributed by atoms with Crippen molar-refractivity contribution in [1.29, 1.82) is 0 Å². The molecule has 0 aliphatic rings. The molecule has 14 heavy (non-hydrogen) atoms. The van der Waals surface area contributed by atoms with Crippen molar-refractivity contribution in [1.82, 2.24) is 0 Å². The van der Waals surface area contributed by atoms with Crippen molar-refractivity contribution in [3.8, 4) is 0 Å². The van der Waals surface area contributed by atoms with E-state index in [9.17, 15) is 4.79 Å². The highest BCUT2D eigenvalue weighted by Crippen LogP contribution is 2.04. The van der Waals surface area contributed by atoms with Gasteiger partial charge >= 0.3 is 5.97 Å². The monoisotopic (exact) mass is 197 g/mol.